The molecule has 6 heteroatoms. The largest absolute Gasteiger partial charge is 0.493 e. The van der Waals surface area contributed by atoms with Crippen LogP contribution in [0.3, 0.4) is 0 Å². The van der Waals surface area contributed by atoms with E-state index in [2.05, 4.69) is 10.3 Å². The smallest absolute Gasteiger partial charge is 0.340 e. The average Bonchev–Trinajstić information content (AvgIpc) is 2.68. The van der Waals surface area contributed by atoms with Gasteiger partial charge in [-0.25, -0.2) is 9.78 Å². The molecule has 0 saturated heterocycles. The Morgan fingerprint density at radius 1 is 1.04 bits per heavy atom. The first-order chi connectivity index (χ1) is 12.7. The highest BCUT2D eigenvalue weighted by Crippen LogP contribution is 2.33. The van der Waals surface area contributed by atoms with Gasteiger partial charge in [0.15, 0.2) is 11.5 Å². The summed E-state index contributed by atoms with van der Waals surface area (Å²) < 4.78 is 15.7. The number of fused-ring (bicyclic) bond motifs is 1. The van der Waals surface area contributed by atoms with Crippen molar-refractivity contribution in [3.05, 3.63) is 54.2 Å². The van der Waals surface area contributed by atoms with Gasteiger partial charge < -0.3 is 19.5 Å². The summed E-state index contributed by atoms with van der Waals surface area (Å²) in [4.78, 5) is 16.6. The van der Waals surface area contributed by atoms with E-state index in [1.54, 1.807) is 21.1 Å². The lowest BCUT2D eigenvalue weighted by Crippen LogP contribution is -2.07. The number of benzene rings is 2. The number of esters is 1. The number of methoxy groups -OCH3 is 2. The second kappa shape index (κ2) is 7.74. The molecule has 3 rings (SSSR count). The highest BCUT2D eigenvalue weighted by atomic mass is 16.5. The molecule has 0 aliphatic heterocycles. The van der Waals surface area contributed by atoms with Crippen molar-refractivity contribution in [2.75, 3.05) is 26.1 Å². The van der Waals surface area contributed by atoms with Crippen molar-refractivity contribution < 1.29 is 19.0 Å². The van der Waals surface area contributed by atoms with Crippen LogP contribution in [0.25, 0.3) is 10.8 Å². The van der Waals surface area contributed by atoms with Crippen molar-refractivity contribution in [1.82, 2.24) is 4.98 Å². The fourth-order valence-electron chi connectivity index (χ4n) is 2.71. The summed E-state index contributed by atoms with van der Waals surface area (Å²) in [5.41, 5.74) is 1.24. The fourth-order valence-corrected chi connectivity index (χ4v) is 2.71. The van der Waals surface area contributed by atoms with Crippen molar-refractivity contribution in [2.24, 2.45) is 0 Å². The maximum atomic E-state index is 12.2. The maximum absolute atomic E-state index is 12.2. The highest BCUT2D eigenvalue weighted by Gasteiger charge is 2.15. The molecule has 0 aliphatic rings. The van der Waals surface area contributed by atoms with E-state index in [-0.39, 0.29) is 5.97 Å². The molecule has 0 bridgehead atoms. The van der Waals surface area contributed by atoms with Gasteiger partial charge in [-0.2, -0.15) is 0 Å². The number of aromatic nitrogens is 1. The Balaban J connectivity index is 2.02. The Kier molecular flexibility index (Phi) is 5.22. The molecule has 0 aliphatic carbocycles. The molecule has 134 valence electrons. The molecule has 3 aromatic rings. The summed E-state index contributed by atoms with van der Waals surface area (Å²) in [7, 11) is 3.18. The number of rotatable bonds is 6. The van der Waals surface area contributed by atoms with Gasteiger partial charge >= 0.3 is 5.97 Å². The number of nitrogens with one attached hydrogen (secondary N) is 1. The van der Waals surface area contributed by atoms with Crippen LogP contribution in [0.2, 0.25) is 0 Å². The lowest BCUT2D eigenvalue weighted by atomic mass is 10.1. The van der Waals surface area contributed by atoms with Crippen LogP contribution in [0.15, 0.2) is 48.7 Å². The van der Waals surface area contributed by atoms with E-state index >= 15 is 0 Å². The SMILES string of the molecule is CCOC(=O)c1cnc(Nc2ccc(OC)c(OC)c2)c2ccccc12. The van der Waals surface area contributed by atoms with Gasteiger partial charge in [-0.15, -0.1) is 0 Å². The van der Waals surface area contributed by atoms with Gasteiger partial charge in [-0.3, -0.25) is 0 Å². The second-order valence-electron chi connectivity index (χ2n) is 5.48. The molecule has 0 spiro atoms. The molecule has 0 unspecified atom stereocenters. The zero-order valence-corrected chi connectivity index (χ0v) is 14.9. The summed E-state index contributed by atoms with van der Waals surface area (Å²) in [6.07, 6.45) is 1.53. The van der Waals surface area contributed by atoms with Gasteiger partial charge in [0.1, 0.15) is 5.82 Å². The predicted molar refractivity (Wildman–Crippen MR) is 101 cm³/mol. The summed E-state index contributed by atoms with van der Waals surface area (Å²) in [6.45, 7) is 2.10. The first-order valence-electron chi connectivity index (χ1n) is 8.21. The van der Waals surface area contributed by atoms with Crippen LogP contribution in [0, 0.1) is 0 Å². The van der Waals surface area contributed by atoms with E-state index in [4.69, 9.17) is 14.2 Å². The van der Waals surface area contributed by atoms with E-state index < -0.39 is 0 Å². The van der Waals surface area contributed by atoms with Gasteiger partial charge in [-0.1, -0.05) is 24.3 Å². The molecule has 0 radical (unpaired) electrons. The molecule has 0 fully saturated rings. The van der Waals surface area contributed by atoms with Crippen LogP contribution in [-0.4, -0.2) is 31.8 Å². The maximum Gasteiger partial charge on any atom is 0.340 e. The predicted octanol–water partition coefficient (Wildman–Crippen LogP) is 4.17. The topological polar surface area (TPSA) is 69.7 Å². The van der Waals surface area contributed by atoms with Crippen LogP contribution >= 0.6 is 0 Å². The average molecular weight is 352 g/mol. The highest BCUT2D eigenvalue weighted by molar-refractivity contribution is 6.07. The Bertz CT molecular complexity index is 940. The lowest BCUT2D eigenvalue weighted by Gasteiger charge is -2.13. The van der Waals surface area contributed by atoms with E-state index in [1.807, 2.05) is 42.5 Å². The third-order valence-electron chi connectivity index (χ3n) is 3.94. The Morgan fingerprint density at radius 3 is 2.46 bits per heavy atom. The summed E-state index contributed by atoms with van der Waals surface area (Å²) in [5.74, 6) is 1.52. The second-order valence-corrected chi connectivity index (χ2v) is 5.48. The van der Waals surface area contributed by atoms with Gasteiger partial charge in [-0.05, 0) is 19.1 Å². The fraction of sp³-hybridized carbons (Fsp3) is 0.200. The van der Waals surface area contributed by atoms with Crippen molar-refractivity contribution >= 4 is 28.2 Å². The summed E-state index contributed by atoms with van der Waals surface area (Å²) >= 11 is 0. The molecular formula is C20H20N2O4. The van der Waals surface area contributed by atoms with Crippen LogP contribution < -0.4 is 14.8 Å². The minimum Gasteiger partial charge on any atom is -0.493 e. The van der Waals surface area contributed by atoms with Crippen LogP contribution in [-0.2, 0) is 4.74 Å². The first kappa shape index (κ1) is 17.5. The van der Waals surface area contributed by atoms with Crippen LogP contribution in [0.1, 0.15) is 17.3 Å². The van der Waals surface area contributed by atoms with E-state index in [0.29, 0.717) is 29.5 Å². The molecule has 0 saturated carbocycles. The molecule has 6 nitrogen and oxygen atoms in total. The van der Waals surface area contributed by atoms with Gasteiger partial charge in [0.25, 0.3) is 0 Å². The van der Waals surface area contributed by atoms with E-state index in [9.17, 15) is 4.79 Å². The molecule has 0 atom stereocenters. The number of nitrogens with zero attached hydrogens (tertiary/aromatic N) is 1. The van der Waals surface area contributed by atoms with Crippen molar-refractivity contribution in [1.29, 1.82) is 0 Å². The number of carbonyl (C=O) groups excluding carboxylic acids is 1. The molecule has 26 heavy (non-hydrogen) atoms. The third-order valence-corrected chi connectivity index (χ3v) is 3.94. The van der Waals surface area contributed by atoms with Gasteiger partial charge in [0.05, 0.1) is 26.4 Å². The lowest BCUT2D eigenvalue weighted by molar-refractivity contribution is 0.0528. The minimum atomic E-state index is -0.381. The molecule has 1 aromatic heterocycles. The number of anilines is 2. The van der Waals surface area contributed by atoms with E-state index in [1.165, 1.54) is 6.20 Å². The molecule has 1 heterocycles. The Hall–Kier alpha value is -3.28. The van der Waals surface area contributed by atoms with Crippen molar-refractivity contribution in [2.45, 2.75) is 6.92 Å². The van der Waals surface area contributed by atoms with Crippen LogP contribution in [0.4, 0.5) is 11.5 Å². The molecule has 2 aromatic carbocycles. The number of hydrogen-bond donors (Lipinski definition) is 1. The third kappa shape index (κ3) is 3.39. The summed E-state index contributed by atoms with van der Waals surface area (Å²) in [5, 5.41) is 4.88. The monoisotopic (exact) mass is 352 g/mol. The normalized spacial score (nSPS) is 10.4. The van der Waals surface area contributed by atoms with Crippen molar-refractivity contribution in [3.8, 4) is 11.5 Å². The zero-order valence-electron chi connectivity index (χ0n) is 14.9. The number of ether oxygens (including phenoxy) is 3. The molecular weight excluding hydrogens is 332 g/mol. The standard InChI is InChI=1S/C20H20N2O4/c1-4-26-20(23)16-12-21-19(15-8-6-5-7-14(15)16)22-13-9-10-17(24-2)18(11-13)25-3/h5-12H,4H2,1-3H3,(H,21,22). The van der Waals surface area contributed by atoms with Crippen molar-refractivity contribution in [3.63, 3.8) is 0 Å². The summed E-state index contributed by atoms with van der Waals surface area (Å²) in [6, 6.07) is 13.1. The number of pyridine rings is 1. The van der Waals surface area contributed by atoms with Gasteiger partial charge in [0.2, 0.25) is 0 Å². The Morgan fingerprint density at radius 2 is 1.77 bits per heavy atom. The van der Waals surface area contributed by atoms with Gasteiger partial charge in [0, 0.05) is 28.7 Å². The van der Waals surface area contributed by atoms with E-state index in [0.717, 1.165) is 16.5 Å². The number of hydrogen-bond acceptors (Lipinski definition) is 6. The Labute approximate surface area is 151 Å². The molecule has 0 amide bonds. The quantitative estimate of drug-likeness (QED) is 0.672. The minimum absolute atomic E-state index is 0.318. The van der Waals surface area contributed by atoms with Crippen LogP contribution in [0.5, 0.6) is 11.5 Å². The zero-order chi connectivity index (χ0) is 18.5. The number of carbonyl (C=O) groups is 1. The molecule has 1 N–H and O–H groups in total. The first-order valence-corrected chi connectivity index (χ1v) is 8.21.